The highest BCUT2D eigenvalue weighted by Gasteiger charge is 2.28. The zero-order valence-corrected chi connectivity index (χ0v) is 21.7. The van der Waals surface area contributed by atoms with Gasteiger partial charge >= 0.3 is 0 Å². The molecule has 3 aromatic rings. The molecule has 1 saturated carbocycles. The third-order valence-electron chi connectivity index (χ3n) is 6.34. The summed E-state index contributed by atoms with van der Waals surface area (Å²) in [7, 11) is -3.51. The molecule has 0 unspecified atom stereocenters. The standard InChI is InChI=1S/C28H32N4O4S/c1-21(28(34)30-19-23-15-17-29-18-16-23)32(20-24-5-3-2-4-6-24)27(33)14-9-22-7-12-26(13-8-22)37(35,36)31-25-10-11-25/h2-8,12-13,15-18,21,25,31H,9-11,14,19-20H2,1H3,(H,30,34)/t21-/m1/s1. The van der Waals surface area contributed by atoms with Gasteiger partial charge in [-0.15, -0.1) is 0 Å². The number of nitrogens with zero attached hydrogens (tertiary/aromatic N) is 2. The van der Waals surface area contributed by atoms with Crippen molar-refractivity contribution >= 4 is 21.8 Å². The Bertz CT molecular complexity index is 1300. The minimum Gasteiger partial charge on any atom is -0.350 e. The van der Waals surface area contributed by atoms with Gasteiger partial charge in [0, 0.05) is 37.9 Å². The van der Waals surface area contributed by atoms with E-state index in [1.807, 2.05) is 42.5 Å². The van der Waals surface area contributed by atoms with Crippen LogP contribution < -0.4 is 10.0 Å². The van der Waals surface area contributed by atoms with Crippen molar-refractivity contribution in [2.45, 2.75) is 62.7 Å². The van der Waals surface area contributed by atoms with Gasteiger partial charge in [-0.3, -0.25) is 14.6 Å². The van der Waals surface area contributed by atoms with Crippen molar-refractivity contribution in [1.82, 2.24) is 19.9 Å². The average Bonchev–Trinajstić information content (AvgIpc) is 3.73. The quantitative estimate of drug-likeness (QED) is 0.381. The summed E-state index contributed by atoms with van der Waals surface area (Å²) in [6.45, 7) is 2.40. The number of nitrogens with one attached hydrogen (secondary N) is 2. The third kappa shape index (κ3) is 7.71. The van der Waals surface area contributed by atoms with Gasteiger partial charge < -0.3 is 10.2 Å². The summed E-state index contributed by atoms with van der Waals surface area (Å²) >= 11 is 0. The summed E-state index contributed by atoms with van der Waals surface area (Å²) < 4.78 is 27.5. The Morgan fingerprint density at radius 2 is 1.62 bits per heavy atom. The zero-order valence-electron chi connectivity index (χ0n) is 20.8. The highest BCUT2D eigenvalue weighted by Crippen LogP contribution is 2.22. The molecule has 8 nitrogen and oxygen atoms in total. The smallest absolute Gasteiger partial charge is 0.242 e. The second kappa shape index (κ2) is 12.1. The lowest BCUT2D eigenvalue weighted by molar-refractivity contribution is -0.140. The van der Waals surface area contributed by atoms with Crippen molar-refractivity contribution in [3.63, 3.8) is 0 Å². The molecule has 37 heavy (non-hydrogen) atoms. The maximum absolute atomic E-state index is 13.3. The van der Waals surface area contributed by atoms with E-state index in [4.69, 9.17) is 0 Å². The minimum absolute atomic E-state index is 0.0433. The van der Waals surface area contributed by atoms with Crippen LogP contribution in [0.1, 0.15) is 42.9 Å². The maximum atomic E-state index is 13.3. The highest BCUT2D eigenvalue weighted by atomic mass is 32.2. The molecule has 4 rings (SSSR count). The van der Waals surface area contributed by atoms with Gasteiger partial charge in [-0.2, -0.15) is 0 Å². The normalized spacial score (nSPS) is 14.1. The minimum atomic E-state index is -3.51. The van der Waals surface area contributed by atoms with E-state index in [1.165, 1.54) is 0 Å². The molecule has 1 aliphatic rings. The lowest BCUT2D eigenvalue weighted by atomic mass is 10.1. The van der Waals surface area contributed by atoms with Crippen LogP contribution in [0.5, 0.6) is 0 Å². The Morgan fingerprint density at radius 1 is 0.946 bits per heavy atom. The molecular weight excluding hydrogens is 488 g/mol. The Balaban J connectivity index is 1.39. The Hall–Kier alpha value is -3.56. The Kier molecular flexibility index (Phi) is 8.68. The summed E-state index contributed by atoms with van der Waals surface area (Å²) in [5.74, 6) is -0.388. The topological polar surface area (TPSA) is 108 Å². The molecule has 9 heteroatoms. The van der Waals surface area contributed by atoms with Crippen LogP contribution in [-0.4, -0.2) is 42.2 Å². The number of sulfonamides is 1. The van der Waals surface area contributed by atoms with Crippen molar-refractivity contribution in [2.24, 2.45) is 0 Å². The van der Waals surface area contributed by atoms with Crippen molar-refractivity contribution in [1.29, 1.82) is 0 Å². The van der Waals surface area contributed by atoms with Gasteiger partial charge in [0.05, 0.1) is 4.90 Å². The maximum Gasteiger partial charge on any atom is 0.242 e. The molecule has 2 amide bonds. The molecule has 0 bridgehead atoms. The van der Waals surface area contributed by atoms with Gasteiger partial charge in [0.1, 0.15) is 6.04 Å². The van der Waals surface area contributed by atoms with E-state index >= 15 is 0 Å². The number of amides is 2. The number of aryl methyl sites for hydroxylation is 1. The first-order valence-electron chi connectivity index (χ1n) is 12.4. The SMILES string of the molecule is C[C@H](C(=O)NCc1ccncc1)N(Cc1ccccc1)C(=O)CCc1ccc(S(=O)(=O)NC2CC2)cc1. The largest absolute Gasteiger partial charge is 0.350 e. The van der Waals surface area contributed by atoms with Crippen LogP contribution in [0.3, 0.4) is 0 Å². The number of carbonyl (C=O) groups excluding carboxylic acids is 2. The van der Waals surface area contributed by atoms with Gasteiger partial charge in [-0.05, 0) is 67.1 Å². The molecule has 1 fully saturated rings. The second-order valence-corrected chi connectivity index (χ2v) is 11.0. The fraction of sp³-hybridized carbons (Fsp3) is 0.321. The number of carbonyl (C=O) groups is 2. The number of hydrogen-bond acceptors (Lipinski definition) is 5. The van der Waals surface area contributed by atoms with E-state index in [-0.39, 0.29) is 29.2 Å². The Morgan fingerprint density at radius 3 is 2.27 bits per heavy atom. The molecule has 1 heterocycles. The molecule has 1 aromatic heterocycles. The number of pyridine rings is 1. The highest BCUT2D eigenvalue weighted by molar-refractivity contribution is 7.89. The van der Waals surface area contributed by atoms with Crippen molar-refractivity contribution in [2.75, 3.05) is 0 Å². The lowest BCUT2D eigenvalue weighted by Gasteiger charge is -2.29. The van der Waals surface area contributed by atoms with Crippen molar-refractivity contribution in [3.05, 3.63) is 95.8 Å². The van der Waals surface area contributed by atoms with Crippen molar-refractivity contribution < 1.29 is 18.0 Å². The first-order valence-corrected chi connectivity index (χ1v) is 13.9. The second-order valence-electron chi connectivity index (χ2n) is 9.30. The van der Waals surface area contributed by atoms with E-state index in [9.17, 15) is 18.0 Å². The molecule has 194 valence electrons. The molecule has 0 radical (unpaired) electrons. The summed E-state index contributed by atoms with van der Waals surface area (Å²) in [6.07, 6.45) is 5.72. The van der Waals surface area contributed by atoms with Crippen LogP contribution in [0.15, 0.2) is 84.0 Å². The average molecular weight is 521 g/mol. The van der Waals surface area contributed by atoms with Gasteiger partial charge in [-0.25, -0.2) is 13.1 Å². The molecule has 0 spiro atoms. The number of rotatable bonds is 12. The zero-order chi connectivity index (χ0) is 26.3. The van der Waals surface area contributed by atoms with Crippen LogP contribution >= 0.6 is 0 Å². The van der Waals surface area contributed by atoms with Crippen LogP contribution in [-0.2, 0) is 39.1 Å². The first-order chi connectivity index (χ1) is 17.8. The molecule has 2 N–H and O–H groups in total. The fourth-order valence-corrected chi connectivity index (χ4v) is 5.22. The molecule has 0 aliphatic heterocycles. The van der Waals surface area contributed by atoms with Crippen molar-refractivity contribution in [3.8, 4) is 0 Å². The predicted molar refractivity (Wildman–Crippen MR) is 141 cm³/mol. The lowest BCUT2D eigenvalue weighted by Crippen LogP contribution is -2.47. The Labute approximate surface area is 218 Å². The van der Waals surface area contributed by atoms with E-state index in [0.29, 0.717) is 19.5 Å². The molecule has 2 aromatic carbocycles. The molecular formula is C28H32N4O4S. The fourth-order valence-electron chi connectivity index (χ4n) is 3.92. The van der Waals surface area contributed by atoms with E-state index in [0.717, 1.165) is 29.5 Å². The molecule has 1 aliphatic carbocycles. The predicted octanol–water partition coefficient (Wildman–Crippen LogP) is 3.19. The number of benzene rings is 2. The van der Waals surface area contributed by atoms with Crippen LogP contribution in [0.4, 0.5) is 0 Å². The van der Waals surface area contributed by atoms with Gasteiger partial charge in [0.15, 0.2) is 0 Å². The van der Waals surface area contributed by atoms with Crippen LogP contribution in [0.25, 0.3) is 0 Å². The number of aromatic nitrogens is 1. The summed E-state index contributed by atoms with van der Waals surface area (Å²) in [5, 5.41) is 2.91. The van der Waals surface area contributed by atoms with E-state index in [2.05, 4.69) is 15.0 Å². The monoisotopic (exact) mass is 520 g/mol. The van der Waals surface area contributed by atoms with Crippen LogP contribution in [0.2, 0.25) is 0 Å². The van der Waals surface area contributed by atoms with Gasteiger partial charge in [0.25, 0.3) is 0 Å². The summed E-state index contributed by atoms with van der Waals surface area (Å²) in [4.78, 5) is 32.1. The molecule has 0 saturated heterocycles. The number of hydrogen-bond donors (Lipinski definition) is 2. The first kappa shape index (κ1) is 26.5. The van der Waals surface area contributed by atoms with E-state index in [1.54, 1.807) is 48.5 Å². The van der Waals surface area contributed by atoms with Gasteiger partial charge in [-0.1, -0.05) is 42.5 Å². The van der Waals surface area contributed by atoms with Crippen LogP contribution in [0, 0.1) is 0 Å². The molecule has 1 atom stereocenters. The van der Waals surface area contributed by atoms with E-state index < -0.39 is 16.1 Å². The summed E-state index contributed by atoms with van der Waals surface area (Å²) in [6, 6.07) is 19.2. The third-order valence-corrected chi connectivity index (χ3v) is 7.88. The summed E-state index contributed by atoms with van der Waals surface area (Å²) in [5.41, 5.74) is 2.71. The van der Waals surface area contributed by atoms with Gasteiger partial charge in [0.2, 0.25) is 21.8 Å².